The highest BCUT2D eigenvalue weighted by molar-refractivity contribution is 7.93. The number of ketones is 1. The van der Waals surface area contributed by atoms with Crippen LogP contribution in [0.4, 0.5) is 11.5 Å². The van der Waals surface area contributed by atoms with Crippen molar-refractivity contribution in [2.24, 2.45) is 0 Å². The highest BCUT2D eigenvalue weighted by Crippen LogP contribution is 2.30. The van der Waals surface area contributed by atoms with Gasteiger partial charge in [-0.15, -0.1) is 0 Å². The predicted molar refractivity (Wildman–Crippen MR) is 117 cm³/mol. The number of Topliss-reactive ketones (excluding diaryl/α,β-unsaturated/α-hetero) is 1. The van der Waals surface area contributed by atoms with Gasteiger partial charge in [0.1, 0.15) is 23.1 Å². The summed E-state index contributed by atoms with van der Waals surface area (Å²) in [6, 6.07) is 14.9. The molecule has 2 aromatic carbocycles. The normalized spacial score (nSPS) is 11.2. The Morgan fingerprint density at radius 1 is 1.13 bits per heavy atom. The van der Waals surface area contributed by atoms with Crippen LogP contribution in [0.15, 0.2) is 65.7 Å². The lowest BCUT2D eigenvalue weighted by atomic mass is 10.1. The number of carbonyl (C=O) groups is 1. The van der Waals surface area contributed by atoms with Gasteiger partial charge in [0.2, 0.25) is 0 Å². The van der Waals surface area contributed by atoms with Crippen molar-refractivity contribution in [3.05, 3.63) is 65.8 Å². The largest absolute Gasteiger partial charge is 0.486 e. The average Bonchev–Trinajstić information content (AvgIpc) is 2.72. The summed E-state index contributed by atoms with van der Waals surface area (Å²) >= 11 is 5.99. The summed E-state index contributed by atoms with van der Waals surface area (Å²) in [5.74, 6) is 0.348. The fourth-order valence-electron chi connectivity index (χ4n) is 2.71. The highest BCUT2D eigenvalue weighted by Gasteiger charge is 2.25. The SMILES string of the molecule is CC(=O)COc1ccc(-c2cnc(N)c(S(=O)(=O)N(C)c3cccc(Cl)c3)c2)cc1. The van der Waals surface area contributed by atoms with E-state index in [4.69, 9.17) is 22.1 Å². The van der Waals surface area contributed by atoms with E-state index in [1.807, 2.05) is 0 Å². The van der Waals surface area contributed by atoms with Crippen molar-refractivity contribution >= 4 is 38.9 Å². The van der Waals surface area contributed by atoms with Crippen LogP contribution in [0.2, 0.25) is 5.02 Å². The molecule has 0 atom stereocenters. The van der Waals surface area contributed by atoms with Crippen molar-refractivity contribution in [2.75, 3.05) is 23.7 Å². The molecule has 0 radical (unpaired) electrons. The van der Waals surface area contributed by atoms with E-state index in [1.165, 1.54) is 26.2 Å². The van der Waals surface area contributed by atoms with Crippen molar-refractivity contribution < 1.29 is 17.9 Å². The monoisotopic (exact) mass is 445 g/mol. The first-order valence-electron chi connectivity index (χ1n) is 8.91. The summed E-state index contributed by atoms with van der Waals surface area (Å²) in [6.07, 6.45) is 1.50. The van der Waals surface area contributed by atoms with Gasteiger partial charge in [0.05, 0.1) is 5.69 Å². The van der Waals surface area contributed by atoms with Crippen LogP contribution < -0.4 is 14.8 Å². The van der Waals surface area contributed by atoms with Gasteiger partial charge in [0.25, 0.3) is 10.0 Å². The van der Waals surface area contributed by atoms with Gasteiger partial charge in [0.15, 0.2) is 5.78 Å². The number of ether oxygens (including phenoxy) is 1. The van der Waals surface area contributed by atoms with Gasteiger partial charge >= 0.3 is 0 Å². The van der Waals surface area contributed by atoms with Crippen molar-refractivity contribution in [1.29, 1.82) is 0 Å². The zero-order valence-corrected chi connectivity index (χ0v) is 17.9. The topological polar surface area (TPSA) is 103 Å². The number of aromatic nitrogens is 1. The second-order valence-electron chi connectivity index (χ2n) is 6.57. The number of rotatable bonds is 7. The number of halogens is 1. The van der Waals surface area contributed by atoms with E-state index < -0.39 is 10.0 Å². The van der Waals surface area contributed by atoms with Gasteiger partial charge in [-0.3, -0.25) is 9.10 Å². The van der Waals surface area contributed by atoms with Crippen molar-refractivity contribution in [2.45, 2.75) is 11.8 Å². The molecule has 0 spiro atoms. The molecule has 3 rings (SSSR count). The number of pyridine rings is 1. The quantitative estimate of drug-likeness (QED) is 0.593. The summed E-state index contributed by atoms with van der Waals surface area (Å²) < 4.78 is 32.8. The molecule has 30 heavy (non-hydrogen) atoms. The van der Waals surface area contributed by atoms with Gasteiger partial charge < -0.3 is 10.5 Å². The standard InChI is InChI=1S/C21H20ClN3O4S/c1-14(26)13-29-19-8-6-15(7-9-19)16-10-20(21(23)24-12-16)30(27,28)25(2)18-5-3-4-17(22)11-18/h3-12H,13H2,1-2H3,(H2,23,24). The van der Waals surface area contributed by atoms with Gasteiger partial charge in [-0.1, -0.05) is 29.8 Å². The molecule has 0 aliphatic rings. The number of hydrogen-bond acceptors (Lipinski definition) is 6. The fourth-order valence-corrected chi connectivity index (χ4v) is 4.17. The van der Waals surface area contributed by atoms with Crippen LogP contribution in [0.5, 0.6) is 5.75 Å². The molecule has 1 aromatic heterocycles. The number of anilines is 2. The van der Waals surface area contributed by atoms with E-state index in [1.54, 1.807) is 48.5 Å². The smallest absolute Gasteiger partial charge is 0.267 e. The second kappa shape index (κ2) is 8.73. The number of nitrogens with zero attached hydrogens (tertiary/aromatic N) is 2. The third-order valence-corrected chi connectivity index (χ3v) is 6.37. The molecule has 0 saturated carbocycles. The number of benzene rings is 2. The highest BCUT2D eigenvalue weighted by atomic mass is 35.5. The molecule has 0 unspecified atom stereocenters. The van der Waals surface area contributed by atoms with Crippen LogP contribution in [-0.2, 0) is 14.8 Å². The van der Waals surface area contributed by atoms with Crippen LogP contribution in [0.1, 0.15) is 6.92 Å². The molecule has 0 amide bonds. The molecule has 1 heterocycles. The zero-order valence-electron chi connectivity index (χ0n) is 16.4. The molecule has 2 N–H and O–H groups in total. The maximum atomic E-state index is 13.2. The van der Waals surface area contributed by atoms with Crippen LogP contribution >= 0.6 is 11.6 Å². The molecular formula is C21H20ClN3O4S. The molecule has 0 aliphatic heterocycles. The van der Waals surface area contributed by atoms with E-state index in [9.17, 15) is 13.2 Å². The molecule has 0 saturated heterocycles. The van der Waals surface area contributed by atoms with E-state index in [0.717, 1.165) is 9.87 Å². The summed E-state index contributed by atoms with van der Waals surface area (Å²) in [5, 5.41) is 0.418. The van der Waals surface area contributed by atoms with E-state index in [-0.39, 0.29) is 23.1 Å². The Hall–Kier alpha value is -3.10. The third-order valence-electron chi connectivity index (χ3n) is 4.32. The van der Waals surface area contributed by atoms with Crippen molar-refractivity contribution in [3.8, 4) is 16.9 Å². The molecule has 0 aliphatic carbocycles. The Kier molecular flexibility index (Phi) is 6.28. The lowest BCUT2D eigenvalue weighted by Crippen LogP contribution is -2.27. The van der Waals surface area contributed by atoms with Gasteiger partial charge in [-0.2, -0.15) is 0 Å². The third kappa shape index (κ3) is 4.72. The van der Waals surface area contributed by atoms with Crippen LogP contribution in [0, 0.1) is 0 Å². The fraction of sp³-hybridized carbons (Fsp3) is 0.143. The van der Waals surface area contributed by atoms with E-state index in [2.05, 4.69) is 4.98 Å². The summed E-state index contributed by atoms with van der Waals surface area (Å²) in [5.41, 5.74) is 7.59. The Labute approximate surface area is 180 Å². The number of sulfonamides is 1. The predicted octanol–water partition coefficient (Wildman–Crippen LogP) is 3.78. The molecule has 0 bridgehead atoms. The Balaban J connectivity index is 1.94. The van der Waals surface area contributed by atoms with E-state index >= 15 is 0 Å². The molecule has 156 valence electrons. The van der Waals surface area contributed by atoms with Crippen molar-refractivity contribution in [3.63, 3.8) is 0 Å². The minimum atomic E-state index is -3.97. The van der Waals surface area contributed by atoms with Gasteiger partial charge in [-0.05, 0) is 48.9 Å². The maximum Gasteiger partial charge on any atom is 0.267 e. The van der Waals surface area contributed by atoms with Crippen molar-refractivity contribution in [1.82, 2.24) is 4.98 Å². The molecule has 9 heteroatoms. The van der Waals surface area contributed by atoms with Gasteiger partial charge in [0, 0.05) is 23.8 Å². The molecule has 3 aromatic rings. The Morgan fingerprint density at radius 2 is 1.83 bits per heavy atom. The summed E-state index contributed by atoms with van der Waals surface area (Å²) in [4.78, 5) is 15.0. The second-order valence-corrected chi connectivity index (χ2v) is 8.95. The first-order chi connectivity index (χ1) is 14.2. The molecule has 7 nitrogen and oxygen atoms in total. The lowest BCUT2D eigenvalue weighted by Gasteiger charge is -2.20. The van der Waals surface area contributed by atoms with E-state index in [0.29, 0.717) is 22.0 Å². The number of carbonyl (C=O) groups excluding carboxylic acids is 1. The Morgan fingerprint density at radius 3 is 2.47 bits per heavy atom. The Bertz CT molecular complexity index is 1180. The summed E-state index contributed by atoms with van der Waals surface area (Å²) in [6.45, 7) is 1.43. The van der Waals surface area contributed by atoms with Crippen LogP contribution in [-0.4, -0.2) is 32.8 Å². The first-order valence-corrected chi connectivity index (χ1v) is 10.7. The van der Waals surface area contributed by atoms with Crippen LogP contribution in [0.3, 0.4) is 0 Å². The minimum Gasteiger partial charge on any atom is -0.486 e. The number of nitrogen functional groups attached to an aromatic ring is 1. The molecular weight excluding hydrogens is 426 g/mol. The maximum absolute atomic E-state index is 13.2. The minimum absolute atomic E-state index is 0.0129. The van der Waals surface area contributed by atoms with Gasteiger partial charge in [-0.25, -0.2) is 13.4 Å². The first kappa shape index (κ1) is 21.6. The van der Waals surface area contributed by atoms with Crippen LogP contribution in [0.25, 0.3) is 11.1 Å². The number of nitrogens with two attached hydrogens (primary N) is 1. The lowest BCUT2D eigenvalue weighted by molar-refractivity contribution is -0.118. The summed E-state index contributed by atoms with van der Waals surface area (Å²) in [7, 11) is -2.55. The number of hydrogen-bond donors (Lipinski definition) is 1. The average molecular weight is 446 g/mol. The zero-order chi connectivity index (χ0) is 21.9. The molecule has 0 fully saturated rings.